The molecule has 0 aliphatic heterocycles. The molecule has 0 aliphatic rings. The van der Waals surface area contributed by atoms with Crippen LogP contribution in [0.1, 0.15) is 0 Å². The van der Waals surface area contributed by atoms with Crippen LogP contribution < -0.4 is 0 Å². The van der Waals surface area contributed by atoms with E-state index in [0.29, 0.717) is 0 Å². The average molecular weight is 181 g/mol. The maximum Gasteiger partial charge on any atom is 0.188 e. The lowest BCUT2D eigenvalue weighted by atomic mass is 11.3. The van der Waals surface area contributed by atoms with Gasteiger partial charge in [0.2, 0.25) is 0 Å². The highest BCUT2D eigenvalue weighted by Crippen LogP contribution is 2.55. The molecule has 0 aromatic heterocycles. The molecule has 3 heteroatoms. The maximum absolute atomic E-state index is 10.6. The zero-order chi connectivity index (χ0) is 5.91. The average Bonchev–Trinajstić information content (AvgIpc) is 1.68. The van der Waals surface area contributed by atoms with E-state index in [1.54, 1.807) is 0 Å². The van der Waals surface area contributed by atoms with Crippen molar-refractivity contribution < 1.29 is 4.57 Å². The first-order chi connectivity index (χ1) is 3.12. The van der Waals surface area contributed by atoms with E-state index >= 15 is 0 Å². The van der Waals surface area contributed by atoms with Gasteiger partial charge in [0.1, 0.15) is 0 Å². The molecule has 40 valence electrons. The van der Waals surface area contributed by atoms with Gasteiger partial charge in [-0.2, -0.15) is 0 Å². The quantitative estimate of drug-likeness (QED) is 0.598. The van der Waals surface area contributed by atoms with E-state index in [4.69, 9.17) is 0 Å². The smallest absolute Gasteiger partial charge is 0.188 e. The minimum absolute atomic E-state index is 1.35. The monoisotopic (exact) mass is 180 g/mol. The first-order valence-corrected chi connectivity index (χ1v) is 5.55. The lowest BCUT2D eigenvalue weighted by Gasteiger charge is -1.90. The third-order valence-electron chi connectivity index (χ3n) is 0.498. The lowest BCUT2D eigenvalue weighted by Crippen LogP contribution is -1.46. The fourth-order valence-corrected chi connectivity index (χ4v) is 0.224. The highest BCUT2D eigenvalue weighted by Gasteiger charge is 2.02. The summed E-state index contributed by atoms with van der Waals surface area (Å²) in [5, 5.41) is 0. The third kappa shape index (κ3) is 2.84. The van der Waals surface area contributed by atoms with Crippen LogP contribution in [0.5, 0.6) is 0 Å². The van der Waals surface area contributed by atoms with Gasteiger partial charge >= 0.3 is 0 Å². The predicted octanol–water partition coefficient (Wildman–Crippen LogP) is 2.95. The van der Waals surface area contributed by atoms with Crippen LogP contribution in [0.3, 0.4) is 0 Å². The molecule has 1 nitrogen and oxygen atoms in total. The predicted molar refractivity (Wildman–Crippen MR) is 36.9 cm³/mol. The Labute approximate surface area is 51.2 Å². The molecular weight excluding hydrogens is 175 g/mol. The van der Waals surface area contributed by atoms with Crippen LogP contribution in [-0.4, -0.2) is 0 Å². The first-order valence-electron chi connectivity index (χ1n) is 1.68. The van der Waals surface area contributed by atoms with Crippen molar-refractivity contribution in [1.82, 2.24) is 0 Å². The Balaban J connectivity index is 4.13. The molecule has 0 rings (SSSR count). The largest absolute Gasteiger partial charge is 0.303 e. The van der Waals surface area contributed by atoms with Crippen LogP contribution in [0.2, 0.25) is 0 Å². The SMILES string of the molecule is C=CP(=O)(Br)C=C. The zero-order valence-corrected chi connectivity index (χ0v) is 6.28. The van der Waals surface area contributed by atoms with Crippen LogP contribution >= 0.6 is 21.3 Å². The highest BCUT2D eigenvalue weighted by atomic mass is 79.9. The molecule has 0 amide bonds. The fourth-order valence-electron chi connectivity index (χ4n) is 0.0745. The van der Waals surface area contributed by atoms with Crippen molar-refractivity contribution in [2.24, 2.45) is 0 Å². The van der Waals surface area contributed by atoms with Gasteiger partial charge in [-0.15, -0.1) is 0 Å². The van der Waals surface area contributed by atoms with Gasteiger partial charge in [-0.25, -0.2) is 0 Å². The summed E-state index contributed by atoms with van der Waals surface area (Å²) >= 11 is 2.90. The minimum Gasteiger partial charge on any atom is -0.303 e. The molecule has 0 N–H and O–H groups in total. The Morgan fingerprint density at radius 2 is 1.71 bits per heavy atom. The number of hydrogen-bond acceptors (Lipinski definition) is 1. The number of rotatable bonds is 2. The van der Waals surface area contributed by atoms with Crippen molar-refractivity contribution in [3.63, 3.8) is 0 Å². The van der Waals surface area contributed by atoms with Crippen molar-refractivity contribution in [3.05, 3.63) is 24.8 Å². The van der Waals surface area contributed by atoms with E-state index < -0.39 is 5.84 Å². The second-order valence-corrected chi connectivity index (χ2v) is 6.29. The summed E-state index contributed by atoms with van der Waals surface area (Å²) in [5.41, 5.74) is 0. The normalized spacial score (nSPS) is 10.4. The van der Waals surface area contributed by atoms with Gasteiger partial charge < -0.3 is 4.57 Å². The summed E-state index contributed by atoms with van der Waals surface area (Å²) in [6.45, 7) is 6.64. The van der Waals surface area contributed by atoms with Gasteiger partial charge in [0, 0.05) is 0 Å². The van der Waals surface area contributed by atoms with Gasteiger partial charge in [0.05, 0.1) is 0 Å². The molecule has 0 aliphatic carbocycles. The van der Waals surface area contributed by atoms with Crippen LogP contribution in [0.4, 0.5) is 0 Å². The summed E-state index contributed by atoms with van der Waals surface area (Å²) in [5.74, 6) is 0.380. The van der Waals surface area contributed by atoms with Crippen LogP contribution in [0.25, 0.3) is 0 Å². The Morgan fingerprint density at radius 3 is 1.71 bits per heavy atom. The molecule has 7 heavy (non-hydrogen) atoms. The van der Waals surface area contributed by atoms with Gasteiger partial charge in [-0.1, -0.05) is 13.2 Å². The molecule has 0 bridgehead atoms. The lowest BCUT2D eigenvalue weighted by molar-refractivity contribution is 0.595. The molecule has 0 saturated heterocycles. The Morgan fingerprint density at radius 1 is 1.43 bits per heavy atom. The van der Waals surface area contributed by atoms with E-state index in [1.807, 2.05) is 0 Å². The van der Waals surface area contributed by atoms with Gasteiger partial charge in [0.15, 0.2) is 5.84 Å². The molecule has 0 spiro atoms. The van der Waals surface area contributed by atoms with Gasteiger partial charge in [0.25, 0.3) is 0 Å². The molecule has 0 saturated carbocycles. The molecule has 0 radical (unpaired) electrons. The molecular formula is C4H6BrOP. The first kappa shape index (κ1) is 7.19. The van der Waals surface area contributed by atoms with Crippen molar-refractivity contribution in [1.29, 1.82) is 0 Å². The van der Waals surface area contributed by atoms with Gasteiger partial charge in [-0.05, 0) is 27.1 Å². The van der Waals surface area contributed by atoms with E-state index in [1.165, 1.54) is 11.6 Å². The summed E-state index contributed by atoms with van der Waals surface area (Å²) in [4.78, 5) is 0. The molecule has 0 aromatic carbocycles. The summed E-state index contributed by atoms with van der Waals surface area (Å²) < 4.78 is 10.6. The van der Waals surface area contributed by atoms with E-state index in [9.17, 15) is 4.57 Å². The molecule has 0 aromatic rings. The van der Waals surface area contributed by atoms with E-state index in [0.717, 1.165) is 0 Å². The molecule has 0 unspecified atom stereocenters. The topological polar surface area (TPSA) is 17.1 Å². The summed E-state index contributed by atoms with van der Waals surface area (Å²) in [7, 11) is 0. The highest BCUT2D eigenvalue weighted by molar-refractivity contribution is 9.41. The Hall–Kier alpha value is 0.190. The third-order valence-corrected chi connectivity index (χ3v) is 3.23. The zero-order valence-electron chi connectivity index (χ0n) is 3.80. The number of halogens is 1. The summed E-state index contributed by atoms with van der Waals surface area (Å²) in [6, 6.07) is 0. The van der Waals surface area contributed by atoms with E-state index in [-0.39, 0.29) is 0 Å². The Bertz CT molecular complexity index is 118. The molecule has 0 heterocycles. The second kappa shape index (κ2) is 2.49. The van der Waals surface area contributed by atoms with Crippen LogP contribution in [0.15, 0.2) is 24.8 Å². The van der Waals surface area contributed by atoms with Crippen molar-refractivity contribution >= 4 is 21.3 Å². The maximum atomic E-state index is 10.6. The summed E-state index contributed by atoms with van der Waals surface area (Å²) in [6.07, 6.45) is 0. The Kier molecular flexibility index (Phi) is 2.55. The van der Waals surface area contributed by atoms with Crippen molar-refractivity contribution in [2.75, 3.05) is 0 Å². The van der Waals surface area contributed by atoms with Gasteiger partial charge in [-0.3, -0.25) is 0 Å². The van der Waals surface area contributed by atoms with Crippen LogP contribution in [0, 0.1) is 0 Å². The fraction of sp³-hybridized carbons (Fsp3) is 0. The molecule has 0 atom stereocenters. The standard InChI is InChI=1S/C4H6BrOP/c1-3-7(5,6)4-2/h3-4H,1-2H2. The number of hydrogen-bond donors (Lipinski definition) is 0. The molecule has 0 fully saturated rings. The minimum atomic E-state index is -2.31. The van der Waals surface area contributed by atoms with Crippen molar-refractivity contribution in [3.8, 4) is 0 Å². The second-order valence-electron chi connectivity index (χ2n) is 0.989. The van der Waals surface area contributed by atoms with Crippen molar-refractivity contribution in [2.45, 2.75) is 0 Å². The van der Waals surface area contributed by atoms with Crippen LogP contribution in [-0.2, 0) is 4.57 Å². The van der Waals surface area contributed by atoms with E-state index in [2.05, 4.69) is 28.6 Å².